The monoisotopic (exact) mass is 217 g/mol. The molecule has 90 valence electrons. The van der Waals surface area contributed by atoms with Crippen LogP contribution in [0.15, 0.2) is 0 Å². The summed E-state index contributed by atoms with van der Waals surface area (Å²) in [6.07, 6.45) is 0. The first-order chi connectivity index (χ1) is 6.84. The SMILES string of the molecule is CC(C)C(CN(C)C)NCC(N)C(=O)O. The maximum Gasteiger partial charge on any atom is 0.321 e. The minimum absolute atomic E-state index is 0.269. The molecule has 0 aromatic heterocycles. The Hall–Kier alpha value is -0.650. The molecule has 0 radical (unpaired) electrons. The quantitative estimate of drug-likeness (QED) is 0.539. The van der Waals surface area contributed by atoms with Gasteiger partial charge in [0.1, 0.15) is 6.04 Å². The van der Waals surface area contributed by atoms with Crippen molar-refractivity contribution in [2.75, 3.05) is 27.2 Å². The standard InChI is InChI=1S/C10H23N3O2/c1-7(2)9(6-13(3)4)12-5-8(11)10(14)15/h7-9,12H,5-6,11H2,1-4H3,(H,14,15). The van der Waals surface area contributed by atoms with Crippen molar-refractivity contribution in [3.8, 4) is 0 Å². The summed E-state index contributed by atoms with van der Waals surface area (Å²) in [6, 6.07) is -0.557. The van der Waals surface area contributed by atoms with Gasteiger partial charge in [-0.05, 0) is 20.0 Å². The van der Waals surface area contributed by atoms with Gasteiger partial charge in [-0.15, -0.1) is 0 Å². The number of likely N-dealkylation sites (N-methyl/N-ethyl adjacent to an activating group) is 1. The highest BCUT2D eigenvalue weighted by Crippen LogP contribution is 2.02. The highest BCUT2D eigenvalue weighted by Gasteiger charge is 2.17. The van der Waals surface area contributed by atoms with Crippen LogP contribution in [0.2, 0.25) is 0 Å². The summed E-state index contributed by atoms with van der Waals surface area (Å²) < 4.78 is 0. The van der Waals surface area contributed by atoms with Gasteiger partial charge in [0, 0.05) is 19.1 Å². The number of aliphatic carboxylic acids is 1. The maximum atomic E-state index is 10.5. The minimum atomic E-state index is -0.963. The van der Waals surface area contributed by atoms with E-state index in [1.165, 1.54) is 0 Å². The van der Waals surface area contributed by atoms with Crippen LogP contribution < -0.4 is 11.1 Å². The Kier molecular flexibility index (Phi) is 6.47. The molecule has 0 fully saturated rings. The number of nitrogens with two attached hydrogens (primary N) is 1. The molecule has 0 rings (SSSR count). The molecule has 4 N–H and O–H groups in total. The molecule has 0 amide bonds. The molecule has 0 bridgehead atoms. The Morgan fingerprint density at radius 1 is 1.47 bits per heavy atom. The number of rotatable bonds is 7. The molecule has 0 aromatic rings. The molecule has 5 nitrogen and oxygen atoms in total. The van der Waals surface area contributed by atoms with Gasteiger partial charge in [0.25, 0.3) is 0 Å². The minimum Gasteiger partial charge on any atom is -0.480 e. The van der Waals surface area contributed by atoms with Gasteiger partial charge in [-0.1, -0.05) is 13.8 Å². The molecule has 2 unspecified atom stereocenters. The van der Waals surface area contributed by atoms with Crippen LogP contribution in [0.3, 0.4) is 0 Å². The topological polar surface area (TPSA) is 78.6 Å². The lowest BCUT2D eigenvalue weighted by atomic mass is 10.0. The molecule has 0 spiro atoms. The number of hydrogen-bond acceptors (Lipinski definition) is 4. The van der Waals surface area contributed by atoms with E-state index >= 15 is 0 Å². The molecule has 0 aliphatic rings. The van der Waals surface area contributed by atoms with Gasteiger partial charge >= 0.3 is 5.97 Å². The number of nitrogens with one attached hydrogen (secondary N) is 1. The van der Waals surface area contributed by atoms with Gasteiger partial charge < -0.3 is 21.1 Å². The van der Waals surface area contributed by atoms with Crippen molar-refractivity contribution in [3.05, 3.63) is 0 Å². The second-order valence-electron chi connectivity index (χ2n) is 4.47. The van der Waals surface area contributed by atoms with E-state index in [4.69, 9.17) is 10.8 Å². The lowest BCUT2D eigenvalue weighted by Crippen LogP contribution is -2.48. The van der Waals surface area contributed by atoms with Gasteiger partial charge in [0.05, 0.1) is 0 Å². The van der Waals surface area contributed by atoms with E-state index in [1.807, 2.05) is 14.1 Å². The first kappa shape index (κ1) is 14.3. The second-order valence-corrected chi connectivity index (χ2v) is 4.47. The summed E-state index contributed by atoms with van der Waals surface area (Å²) in [5.74, 6) is -0.511. The normalized spacial score (nSPS) is 15.7. The van der Waals surface area contributed by atoms with E-state index in [0.717, 1.165) is 6.54 Å². The maximum absolute atomic E-state index is 10.5. The van der Waals surface area contributed by atoms with Gasteiger partial charge in [-0.25, -0.2) is 0 Å². The number of carboxylic acid groups (broad SMARTS) is 1. The summed E-state index contributed by atoms with van der Waals surface area (Å²) in [5.41, 5.74) is 5.42. The fourth-order valence-electron chi connectivity index (χ4n) is 1.27. The third-order valence-corrected chi connectivity index (χ3v) is 2.28. The summed E-state index contributed by atoms with van der Waals surface area (Å²) in [4.78, 5) is 12.6. The zero-order valence-electron chi connectivity index (χ0n) is 10.0. The Labute approximate surface area is 91.6 Å². The summed E-state index contributed by atoms with van der Waals surface area (Å²) in [7, 11) is 3.99. The van der Waals surface area contributed by atoms with Crippen molar-refractivity contribution < 1.29 is 9.90 Å². The Morgan fingerprint density at radius 2 is 2.00 bits per heavy atom. The van der Waals surface area contributed by atoms with E-state index < -0.39 is 12.0 Å². The highest BCUT2D eigenvalue weighted by molar-refractivity contribution is 5.73. The van der Waals surface area contributed by atoms with Crippen LogP contribution in [0.5, 0.6) is 0 Å². The molecule has 0 heterocycles. The van der Waals surface area contributed by atoms with E-state index in [9.17, 15) is 4.79 Å². The van der Waals surface area contributed by atoms with Crippen molar-refractivity contribution >= 4 is 5.97 Å². The van der Waals surface area contributed by atoms with Crippen LogP contribution in [0.25, 0.3) is 0 Å². The molecule has 0 aliphatic heterocycles. The van der Waals surface area contributed by atoms with Crippen molar-refractivity contribution in [2.45, 2.75) is 25.9 Å². The predicted octanol–water partition coefficient (Wildman–Crippen LogP) is -0.426. The van der Waals surface area contributed by atoms with Crippen LogP contribution in [-0.4, -0.2) is 55.2 Å². The lowest BCUT2D eigenvalue weighted by Gasteiger charge is -2.26. The largest absolute Gasteiger partial charge is 0.480 e. The second kappa shape index (κ2) is 6.76. The zero-order chi connectivity index (χ0) is 12.0. The average molecular weight is 217 g/mol. The molecular weight excluding hydrogens is 194 g/mol. The summed E-state index contributed by atoms with van der Waals surface area (Å²) in [6.45, 7) is 5.40. The molecule has 0 aliphatic carbocycles. The van der Waals surface area contributed by atoms with Crippen molar-refractivity contribution in [1.29, 1.82) is 0 Å². The number of carbonyl (C=O) groups is 1. The van der Waals surface area contributed by atoms with E-state index in [-0.39, 0.29) is 6.04 Å². The predicted molar refractivity (Wildman–Crippen MR) is 60.8 cm³/mol. The molecule has 2 atom stereocenters. The van der Waals surface area contributed by atoms with Crippen LogP contribution in [0.1, 0.15) is 13.8 Å². The Bertz CT molecular complexity index is 195. The zero-order valence-corrected chi connectivity index (χ0v) is 10.0. The van der Waals surface area contributed by atoms with Crippen molar-refractivity contribution in [1.82, 2.24) is 10.2 Å². The summed E-state index contributed by atoms with van der Waals surface area (Å²) >= 11 is 0. The molecule has 0 saturated heterocycles. The Morgan fingerprint density at radius 3 is 2.33 bits per heavy atom. The third kappa shape index (κ3) is 6.43. The fourth-order valence-corrected chi connectivity index (χ4v) is 1.27. The molecule has 0 saturated carbocycles. The van der Waals surface area contributed by atoms with Gasteiger partial charge in [0.2, 0.25) is 0 Å². The Balaban J connectivity index is 4.01. The van der Waals surface area contributed by atoms with Gasteiger partial charge in [-0.3, -0.25) is 4.79 Å². The summed E-state index contributed by atoms with van der Waals surface area (Å²) in [5, 5.41) is 11.8. The van der Waals surface area contributed by atoms with E-state index in [1.54, 1.807) is 0 Å². The smallest absolute Gasteiger partial charge is 0.321 e. The first-order valence-corrected chi connectivity index (χ1v) is 5.21. The van der Waals surface area contributed by atoms with Crippen molar-refractivity contribution in [3.63, 3.8) is 0 Å². The molecule has 15 heavy (non-hydrogen) atoms. The fraction of sp³-hybridized carbons (Fsp3) is 0.900. The van der Waals surface area contributed by atoms with Gasteiger partial charge in [0.15, 0.2) is 0 Å². The number of hydrogen-bond donors (Lipinski definition) is 3. The third-order valence-electron chi connectivity index (χ3n) is 2.28. The highest BCUT2D eigenvalue weighted by atomic mass is 16.4. The average Bonchev–Trinajstić information content (AvgIpc) is 2.10. The molecule has 5 heteroatoms. The molecule has 0 aromatic carbocycles. The van der Waals surface area contributed by atoms with E-state index in [0.29, 0.717) is 12.5 Å². The van der Waals surface area contributed by atoms with Crippen LogP contribution >= 0.6 is 0 Å². The number of carboxylic acids is 1. The first-order valence-electron chi connectivity index (χ1n) is 5.21. The van der Waals surface area contributed by atoms with Crippen LogP contribution in [0, 0.1) is 5.92 Å². The van der Waals surface area contributed by atoms with Crippen LogP contribution in [-0.2, 0) is 4.79 Å². The lowest BCUT2D eigenvalue weighted by molar-refractivity contribution is -0.138. The van der Waals surface area contributed by atoms with Gasteiger partial charge in [-0.2, -0.15) is 0 Å². The van der Waals surface area contributed by atoms with E-state index in [2.05, 4.69) is 24.1 Å². The molecular formula is C10H23N3O2. The van der Waals surface area contributed by atoms with Crippen LogP contribution in [0.4, 0.5) is 0 Å². The van der Waals surface area contributed by atoms with Crippen molar-refractivity contribution in [2.24, 2.45) is 11.7 Å². The number of nitrogens with zero attached hydrogens (tertiary/aromatic N) is 1.